The van der Waals surface area contributed by atoms with Crippen molar-refractivity contribution >= 4 is 17.5 Å². The first-order chi connectivity index (χ1) is 16.0. The van der Waals surface area contributed by atoms with Gasteiger partial charge in [-0.15, -0.1) is 0 Å². The molecule has 0 aliphatic heterocycles. The topological polar surface area (TPSA) is 68.3 Å². The Morgan fingerprint density at radius 3 is 2.48 bits per heavy atom. The van der Waals surface area contributed by atoms with Crippen LogP contribution < -0.4 is 10.1 Å². The first kappa shape index (κ1) is 21.3. The summed E-state index contributed by atoms with van der Waals surface area (Å²) in [5.41, 5.74) is 2.92. The van der Waals surface area contributed by atoms with Crippen molar-refractivity contribution in [2.75, 3.05) is 5.32 Å². The van der Waals surface area contributed by atoms with Crippen molar-refractivity contribution in [3.63, 3.8) is 0 Å². The summed E-state index contributed by atoms with van der Waals surface area (Å²) in [4.78, 5) is 28.6. The van der Waals surface area contributed by atoms with Gasteiger partial charge in [-0.05, 0) is 66.5 Å². The SMILES string of the molecule is O=C(Cc1cccc(C2CC2)c1)Cc1ccc(Oc2ccnc(NC(=O)C3CC3)c2)c(F)c1. The van der Waals surface area contributed by atoms with Crippen molar-refractivity contribution in [2.24, 2.45) is 5.92 Å². The highest BCUT2D eigenvalue weighted by atomic mass is 19.1. The van der Waals surface area contributed by atoms with E-state index < -0.39 is 5.82 Å². The van der Waals surface area contributed by atoms with E-state index in [1.54, 1.807) is 18.2 Å². The molecule has 2 aliphatic carbocycles. The van der Waals surface area contributed by atoms with E-state index in [1.807, 2.05) is 12.1 Å². The molecule has 5 nitrogen and oxygen atoms in total. The number of amides is 1. The summed E-state index contributed by atoms with van der Waals surface area (Å²) in [5, 5.41) is 2.75. The van der Waals surface area contributed by atoms with Gasteiger partial charge in [0.15, 0.2) is 11.6 Å². The van der Waals surface area contributed by atoms with Crippen LogP contribution in [0, 0.1) is 11.7 Å². The van der Waals surface area contributed by atoms with Crippen LogP contribution in [0.1, 0.15) is 48.3 Å². The molecule has 1 aromatic heterocycles. The normalized spacial score (nSPS) is 15.2. The Bertz CT molecular complexity index is 1200. The third-order valence-electron chi connectivity index (χ3n) is 5.96. The largest absolute Gasteiger partial charge is 0.454 e. The molecular formula is C27H25FN2O3. The molecule has 0 unspecified atom stereocenters. The van der Waals surface area contributed by atoms with Gasteiger partial charge in [-0.25, -0.2) is 9.37 Å². The molecule has 2 aromatic carbocycles. The number of halogens is 1. The summed E-state index contributed by atoms with van der Waals surface area (Å²) in [6, 6.07) is 15.9. The molecule has 1 amide bonds. The van der Waals surface area contributed by atoms with E-state index in [0.717, 1.165) is 18.4 Å². The minimum atomic E-state index is -0.545. The number of pyridine rings is 1. The Kier molecular flexibility index (Phi) is 5.90. The summed E-state index contributed by atoms with van der Waals surface area (Å²) in [6.07, 6.45) is 6.25. The highest BCUT2D eigenvalue weighted by Gasteiger charge is 2.29. The number of hydrogen-bond donors (Lipinski definition) is 1. The maximum absolute atomic E-state index is 14.7. The Morgan fingerprint density at radius 2 is 1.76 bits per heavy atom. The van der Waals surface area contributed by atoms with E-state index in [0.29, 0.717) is 29.5 Å². The van der Waals surface area contributed by atoms with Crippen LogP contribution in [-0.4, -0.2) is 16.7 Å². The quantitative estimate of drug-likeness (QED) is 0.467. The lowest BCUT2D eigenvalue weighted by Crippen LogP contribution is -2.14. The zero-order valence-corrected chi connectivity index (χ0v) is 18.2. The van der Waals surface area contributed by atoms with E-state index in [9.17, 15) is 14.0 Å². The maximum atomic E-state index is 14.7. The third-order valence-corrected chi connectivity index (χ3v) is 5.96. The van der Waals surface area contributed by atoms with Crippen LogP contribution in [0.3, 0.4) is 0 Å². The summed E-state index contributed by atoms with van der Waals surface area (Å²) < 4.78 is 20.3. The van der Waals surface area contributed by atoms with Crippen molar-refractivity contribution < 1.29 is 18.7 Å². The summed E-state index contributed by atoms with van der Waals surface area (Å²) >= 11 is 0. The predicted molar refractivity (Wildman–Crippen MR) is 123 cm³/mol. The van der Waals surface area contributed by atoms with Crippen LogP contribution in [0.5, 0.6) is 11.5 Å². The van der Waals surface area contributed by atoms with Crippen LogP contribution in [0.15, 0.2) is 60.8 Å². The standard InChI is InChI=1S/C27H25FN2O3/c28-24-15-18(14-22(31)13-17-2-1-3-21(12-17)19-5-6-19)4-9-25(24)33-23-10-11-29-26(16-23)30-27(32)20-7-8-20/h1-4,9-12,15-16,19-20H,5-8,13-14H2,(H,29,30,32). The van der Waals surface area contributed by atoms with Gasteiger partial charge in [-0.2, -0.15) is 0 Å². The van der Waals surface area contributed by atoms with Gasteiger partial charge in [0.05, 0.1) is 0 Å². The number of ketones is 1. The zero-order valence-electron chi connectivity index (χ0n) is 18.2. The number of nitrogens with zero attached hydrogens (tertiary/aromatic N) is 1. The molecule has 0 spiro atoms. The first-order valence-corrected chi connectivity index (χ1v) is 11.4. The molecule has 1 N–H and O–H groups in total. The molecule has 2 aliphatic rings. The van der Waals surface area contributed by atoms with Gasteiger partial charge < -0.3 is 10.1 Å². The summed E-state index contributed by atoms with van der Waals surface area (Å²) in [6.45, 7) is 0. The molecule has 0 saturated heterocycles. The number of aromatic nitrogens is 1. The monoisotopic (exact) mass is 444 g/mol. The first-order valence-electron chi connectivity index (χ1n) is 11.4. The number of carbonyl (C=O) groups is 2. The van der Waals surface area contributed by atoms with Crippen molar-refractivity contribution in [3.8, 4) is 11.5 Å². The van der Waals surface area contributed by atoms with Gasteiger partial charge in [0.25, 0.3) is 0 Å². The molecule has 3 aromatic rings. The average molecular weight is 445 g/mol. The zero-order chi connectivity index (χ0) is 22.8. The van der Waals surface area contributed by atoms with Crippen LogP contribution in [0.25, 0.3) is 0 Å². The van der Waals surface area contributed by atoms with Gasteiger partial charge in [0, 0.05) is 31.0 Å². The molecule has 5 rings (SSSR count). The van der Waals surface area contributed by atoms with Crippen molar-refractivity contribution in [3.05, 3.63) is 83.3 Å². The van der Waals surface area contributed by atoms with Gasteiger partial charge >= 0.3 is 0 Å². The number of carbonyl (C=O) groups excluding carboxylic acids is 2. The van der Waals surface area contributed by atoms with Crippen LogP contribution >= 0.6 is 0 Å². The Hall–Kier alpha value is -3.54. The molecule has 33 heavy (non-hydrogen) atoms. The van der Waals surface area contributed by atoms with Crippen LogP contribution in [-0.2, 0) is 22.4 Å². The summed E-state index contributed by atoms with van der Waals surface area (Å²) in [5.74, 6) is 0.941. The molecule has 2 saturated carbocycles. The fraction of sp³-hybridized carbons (Fsp3) is 0.296. The second kappa shape index (κ2) is 9.14. The average Bonchev–Trinajstić information content (AvgIpc) is 3.69. The van der Waals surface area contributed by atoms with Gasteiger partial charge in [0.1, 0.15) is 17.4 Å². The maximum Gasteiger partial charge on any atom is 0.228 e. The molecule has 6 heteroatoms. The minimum absolute atomic E-state index is 0.0428. The Balaban J connectivity index is 1.20. The minimum Gasteiger partial charge on any atom is -0.454 e. The second-order valence-electron chi connectivity index (χ2n) is 8.92. The lowest BCUT2D eigenvalue weighted by Gasteiger charge is -2.10. The number of benzene rings is 2. The van der Waals surface area contributed by atoms with E-state index in [1.165, 1.54) is 36.7 Å². The van der Waals surface area contributed by atoms with Crippen molar-refractivity contribution in [1.82, 2.24) is 4.98 Å². The fourth-order valence-corrected chi connectivity index (χ4v) is 3.87. The van der Waals surface area contributed by atoms with Gasteiger partial charge in [-0.3, -0.25) is 9.59 Å². The Labute approximate surface area is 192 Å². The van der Waals surface area contributed by atoms with Crippen LogP contribution in [0.4, 0.5) is 10.2 Å². The molecule has 0 atom stereocenters. The highest BCUT2D eigenvalue weighted by Crippen LogP contribution is 2.40. The lowest BCUT2D eigenvalue weighted by molar-refractivity contribution is -0.118. The van der Waals surface area contributed by atoms with Gasteiger partial charge in [0.2, 0.25) is 5.91 Å². The number of ether oxygens (including phenoxy) is 1. The van der Waals surface area contributed by atoms with E-state index in [4.69, 9.17) is 4.74 Å². The highest BCUT2D eigenvalue weighted by molar-refractivity contribution is 5.93. The molecular weight excluding hydrogens is 419 g/mol. The Morgan fingerprint density at radius 1 is 0.970 bits per heavy atom. The number of anilines is 1. The number of rotatable bonds is 9. The molecule has 0 radical (unpaired) electrons. The van der Waals surface area contributed by atoms with Crippen molar-refractivity contribution in [2.45, 2.75) is 44.4 Å². The lowest BCUT2D eigenvalue weighted by atomic mass is 10.00. The number of hydrogen-bond acceptors (Lipinski definition) is 4. The number of Topliss-reactive ketones (excluding diaryl/α,β-unsaturated/α-hetero) is 1. The second-order valence-corrected chi connectivity index (χ2v) is 8.92. The van der Waals surface area contributed by atoms with E-state index in [2.05, 4.69) is 22.4 Å². The number of nitrogens with one attached hydrogen (secondary N) is 1. The smallest absolute Gasteiger partial charge is 0.228 e. The molecule has 1 heterocycles. The van der Waals surface area contributed by atoms with Crippen LogP contribution in [0.2, 0.25) is 0 Å². The third kappa shape index (κ3) is 5.64. The molecule has 168 valence electrons. The summed E-state index contributed by atoms with van der Waals surface area (Å²) in [7, 11) is 0. The van der Waals surface area contributed by atoms with E-state index in [-0.39, 0.29) is 29.8 Å². The predicted octanol–water partition coefficient (Wildman–Crippen LogP) is 5.59. The van der Waals surface area contributed by atoms with Gasteiger partial charge in [-0.1, -0.05) is 30.3 Å². The van der Waals surface area contributed by atoms with E-state index >= 15 is 0 Å². The molecule has 2 fully saturated rings. The van der Waals surface area contributed by atoms with Crippen molar-refractivity contribution in [1.29, 1.82) is 0 Å². The molecule has 0 bridgehead atoms. The fourth-order valence-electron chi connectivity index (χ4n) is 3.87.